The van der Waals surface area contributed by atoms with Gasteiger partial charge in [-0.05, 0) is 24.1 Å². The van der Waals surface area contributed by atoms with Crippen molar-refractivity contribution >= 4 is 17.5 Å². The molecule has 0 aromatic heterocycles. The molecule has 0 saturated heterocycles. The summed E-state index contributed by atoms with van der Waals surface area (Å²) in [6, 6.07) is 9.46. The Morgan fingerprint density at radius 1 is 1.38 bits per heavy atom. The van der Waals surface area contributed by atoms with Crippen LogP contribution >= 0.6 is 11.6 Å². The number of halogens is 1. The molecule has 1 aromatic rings. The van der Waals surface area contributed by atoms with Crippen molar-refractivity contribution in [3.05, 3.63) is 34.9 Å². The third kappa shape index (κ3) is 4.81. The van der Waals surface area contributed by atoms with Crippen molar-refractivity contribution < 1.29 is 4.79 Å². The molecule has 1 aromatic carbocycles. The maximum absolute atomic E-state index is 11.2. The number of nitriles is 1. The molecule has 0 fully saturated rings. The van der Waals surface area contributed by atoms with Crippen molar-refractivity contribution in [2.75, 3.05) is 6.54 Å². The molecule has 0 aliphatic rings. The zero-order valence-electron chi connectivity index (χ0n) is 8.87. The van der Waals surface area contributed by atoms with Crippen LogP contribution in [0.15, 0.2) is 24.3 Å². The second kappa shape index (κ2) is 6.86. The largest absolute Gasteiger partial charge is 0.356 e. The van der Waals surface area contributed by atoms with E-state index >= 15 is 0 Å². The highest BCUT2D eigenvalue weighted by Crippen LogP contribution is 2.09. The van der Waals surface area contributed by atoms with Crippen LogP contribution in [0.5, 0.6) is 0 Å². The highest BCUT2D eigenvalue weighted by atomic mass is 35.5. The number of hydrogen-bond acceptors (Lipinski definition) is 2. The lowest BCUT2D eigenvalue weighted by Gasteiger charge is -2.04. The molecule has 1 N–H and O–H groups in total. The quantitative estimate of drug-likeness (QED) is 0.853. The van der Waals surface area contributed by atoms with E-state index in [0.717, 1.165) is 12.0 Å². The van der Waals surface area contributed by atoms with E-state index in [9.17, 15) is 4.79 Å². The van der Waals surface area contributed by atoms with Crippen LogP contribution < -0.4 is 5.32 Å². The second-order valence-electron chi connectivity index (χ2n) is 3.38. The predicted octanol–water partition coefficient (Wildman–Crippen LogP) is 2.30. The first-order valence-electron chi connectivity index (χ1n) is 5.10. The summed E-state index contributed by atoms with van der Waals surface area (Å²) in [4.78, 5) is 11.2. The van der Waals surface area contributed by atoms with E-state index in [2.05, 4.69) is 5.32 Å². The molecule has 4 heteroatoms. The van der Waals surface area contributed by atoms with E-state index in [1.54, 1.807) is 0 Å². The molecule has 0 atom stereocenters. The standard InChI is InChI=1S/C12H13ClN2O/c13-11-5-3-10(4-6-11)7-9-15-12(16)2-1-8-14/h3-6H,1-2,7,9H2,(H,15,16). The van der Waals surface area contributed by atoms with Crippen molar-refractivity contribution in [1.82, 2.24) is 5.32 Å². The summed E-state index contributed by atoms with van der Waals surface area (Å²) in [7, 11) is 0. The number of carbonyl (C=O) groups is 1. The lowest BCUT2D eigenvalue weighted by molar-refractivity contribution is -0.120. The third-order valence-corrected chi connectivity index (χ3v) is 2.36. The van der Waals surface area contributed by atoms with Crippen LogP contribution in [0.1, 0.15) is 18.4 Å². The average molecular weight is 237 g/mol. The number of rotatable bonds is 5. The predicted molar refractivity (Wildman–Crippen MR) is 63.0 cm³/mol. The molecule has 1 rings (SSSR count). The van der Waals surface area contributed by atoms with Gasteiger partial charge in [-0.25, -0.2) is 0 Å². The molecule has 0 heterocycles. The minimum atomic E-state index is -0.0736. The summed E-state index contributed by atoms with van der Waals surface area (Å²) < 4.78 is 0. The molecule has 3 nitrogen and oxygen atoms in total. The minimum absolute atomic E-state index is 0.0736. The van der Waals surface area contributed by atoms with Crippen LogP contribution in [0.25, 0.3) is 0 Å². The fourth-order valence-electron chi connectivity index (χ4n) is 1.26. The molecule has 0 aliphatic carbocycles. The van der Waals surface area contributed by atoms with Crippen LogP contribution in [-0.4, -0.2) is 12.5 Å². The van der Waals surface area contributed by atoms with Crippen LogP contribution in [0.3, 0.4) is 0 Å². The monoisotopic (exact) mass is 236 g/mol. The highest BCUT2D eigenvalue weighted by molar-refractivity contribution is 6.30. The summed E-state index contributed by atoms with van der Waals surface area (Å²) in [5, 5.41) is 11.8. The number of carbonyl (C=O) groups excluding carboxylic acids is 1. The topological polar surface area (TPSA) is 52.9 Å². The van der Waals surface area contributed by atoms with E-state index < -0.39 is 0 Å². The average Bonchev–Trinajstić information content (AvgIpc) is 2.29. The van der Waals surface area contributed by atoms with Gasteiger partial charge in [-0.3, -0.25) is 4.79 Å². The first-order valence-corrected chi connectivity index (χ1v) is 5.48. The molecule has 16 heavy (non-hydrogen) atoms. The Bertz CT molecular complexity index is 381. The minimum Gasteiger partial charge on any atom is -0.356 e. The van der Waals surface area contributed by atoms with Gasteiger partial charge < -0.3 is 5.32 Å². The molecule has 0 radical (unpaired) electrons. The van der Waals surface area contributed by atoms with Gasteiger partial charge in [0, 0.05) is 24.4 Å². The Kier molecular flexibility index (Phi) is 5.38. The Morgan fingerprint density at radius 3 is 2.69 bits per heavy atom. The fourth-order valence-corrected chi connectivity index (χ4v) is 1.38. The van der Waals surface area contributed by atoms with Gasteiger partial charge in [-0.2, -0.15) is 5.26 Å². The first kappa shape index (κ1) is 12.5. The van der Waals surface area contributed by atoms with Gasteiger partial charge in [0.1, 0.15) is 0 Å². The van der Waals surface area contributed by atoms with Gasteiger partial charge in [-0.1, -0.05) is 23.7 Å². The van der Waals surface area contributed by atoms with Crippen molar-refractivity contribution in [2.24, 2.45) is 0 Å². The maximum Gasteiger partial charge on any atom is 0.221 e. The molecule has 0 saturated carbocycles. The summed E-state index contributed by atoms with van der Waals surface area (Å²) in [6.07, 6.45) is 1.32. The fraction of sp³-hybridized carbons (Fsp3) is 0.333. The number of benzene rings is 1. The van der Waals surface area contributed by atoms with Crippen LogP contribution in [0.2, 0.25) is 5.02 Å². The Balaban J connectivity index is 2.23. The molecule has 0 unspecified atom stereocenters. The Hall–Kier alpha value is -1.53. The molecular formula is C12H13ClN2O. The summed E-state index contributed by atoms with van der Waals surface area (Å²) in [5.41, 5.74) is 1.13. The molecule has 0 spiro atoms. The lowest BCUT2D eigenvalue weighted by atomic mass is 10.1. The van der Waals surface area contributed by atoms with Gasteiger partial charge in [0.15, 0.2) is 0 Å². The molecule has 1 amide bonds. The van der Waals surface area contributed by atoms with Crippen LogP contribution in [0, 0.1) is 11.3 Å². The van der Waals surface area contributed by atoms with E-state index in [1.165, 1.54) is 0 Å². The second-order valence-corrected chi connectivity index (χ2v) is 3.82. The summed E-state index contributed by atoms with van der Waals surface area (Å²) in [5.74, 6) is -0.0736. The summed E-state index contributed by atoms with van der Waals surface area (Å²) >= 11 is 5.75. The molecule has 0 aliphatic heterocycles. The molecule has 0 bridgehead atoms. The smallest absolute Gasteiger partial charge is 0.221 e. The van der Waals surface area contributed by atoms with E-state index in [0.29, 0.717) is 11.6 Å². The number of hydrogen-bond donors (Lipinski definition) is 1. The van der Waals surface area contributed by atoms with E-state index in [4.69, 9.17) is 16.9 Å². The maximum atomic E-state index is 11.2. The van der Waals surface area contributed by atoms with Crippen molar-refractivity contribution in [3.8, 4) is 6.07 Å². The Labute approximate surface area is 100 Å². The third-order valence-electron chi connectivity index (χ3n) is 2.11. The van der Waals surface area contributed by atoms with Gasteiger partial charge in [0.25, 0.3) is 0 Å². The molecule has 84 valence electrons. The highest BCUT2D eigenvalue weighted by Gasteiger charge is 1.99. The summed E-state index contributed by atoms with van der Waals surface area (Å²) in [6.45, 7) is 0.589. The van der Waals surface area contributed by atoms with Gasteiger partial charge >= 0.3 is 0 Å². The van der Waals surface area contributed by atoms with Gasteiger partial charge in [0.2, 0.25) is 5.91 Å². The number of nitrogens with zero attached hydrogens (tertiary/aromatic N) is 1. The van der Waals surface area contributed by atoms with Crippen molar-refractivity contribution in [2.45, 2.75) is 19.3 Å². The van der Waals surface area contributed by atoms with E-state index in [1.807, 2.05) is 30.3 Å². The van der Waals surface area contributed by atoms with E-state index in [-0.39, 0.29) is 18.7 Å². The van der Waals surface area contributed by atoms with Gasteiger partial charge in [0.05, 0.1) is 6.07 Å². The normalized spacial score (nSPS) is 9.50. The zero-order valence-corrected chi connectivity index (χ0v) is 9.63. The van der Waals surface area contributed by atoms with Crippen LogP contribution in [-0.2, 0) is 11.2 Å². The Morgan fingerprint density at radius 2 is 2.06 bits per heavy atom. The lowest BCUT2D eigenvalue weighted by Crippen LogP contribution is -2.25. The van der Waals surface area contributed by atoms with Crippen molar-refractivity contribution in [3.63, 3.8) is 0 Å². The number of amides is 1. The van der Waals surface area contributed by atoms with Gasteiger partial charge in [-0.15, -0.1) is 0 Å². The molecular weight excluding hydrogens is 224 g/mol. The first-order chi connectivity index (χ1) is 7.72. The number of nitrogens with one attached hydrogen (secondary N) is 1. The zero-order chi connectivity index (χ0) is 11.8. The SMILES string of the molecule is N#CCCC(=O)NCCc1ccc(Cl)cc1. The van der Waals surface area contributed by atoms with Crippen LogP contribution in [0.4, 0.5) is 0 Å². The van der Waals surface area contributed by atoms with Crippen molar-refractivity contribution in [1.29, 1.82) is 5.26 Å².